The highest BCUT2D eigenvalue weighted by Crippen LogP contribution is 2.36. The lowest BCUT2D eigenvalue weighted by Crippen LogP contribution is -2.51. The van der Waals surface area contributed by atoms with Gasteiger partial charge in [0, 0.05) is 19.2 Å². The van der Waals surface area contributed by atoms with Crippen LogP contribution < -0.4 is 19.1 Å². The molecule has 0 heterocycles. The van der Waals surface area contributed by atoms with Crippen molar-refractivity contribution in [1.82, 2.24) is 10.2 Å². The lowest BCUT2D eigenvalue weighted by molar-refractivity contribution is -0.139. The molecule has 3 rings (SSSR count). The molecule has 1 atom stereocenters. The molecule has 1 N–H and O–H groups in total. The van der Waals surface area contributed by atoms with Gasteiger partial charge < -0.3 is 19.7 Å². The van der Waals surface area contributed by atoms with E-state index in [1.165, 1.54) is 37.3 Å². The first kappa shape index (κ1) is 31.5. The highest BCUT2D eigenvalue weighted by molar-refractivity contribution is 7.92. The van der Waals surface area contributed by atoms with Gasteiger partial charge in [0.1, 0.15) is 24.1 Å². The molecule has 3 aromatic rings. The number of amides is 2. The maximum absolute atomic E-state index is 14.1. The third-order valence-corrected chi connectivity index (χ3v) is 8.47. The molecule has 220 valence electrons. The van der Waals surface area contributed by atoms with Gasteiger partial charge in [-0.25, -0.2) is 8.42 Å². The van der Waals surface area contributed by atoms with E-state index in [-0.39, 0.29) is 28.8 Å². The summed E-state index contributed by atoms with van der Waals surface area (Å²) in [4.78, 5) is 28.5. The predicted octanol–water partition coefficient (Wildman–Crippen LogP) is 4.46. The molecule has 41 heavy (non-hydrogen) atoms. The Kier molecular flexibility index (Phi) is 10.8. The zero-order valence-electron chi connectivity index (χ0n) is 24.5. The van der Waals surface area contributed by atoms with Gasteiger partial charge in [-0.3, -0.25) is 13.9 Å². The summed E-state index contributed by atoms with van der Waals surface area (Å²) in [7, 11) is -1.35. The summed E-state index contributed by atoms with van der Waals surface area (Å²) in [6.07, 6.45) is 0.739. The number of carbonyl (C=O) groups excluding carboxylic acids is 2. The molecule has 10 heteroatoms. The van der Waals surface area contributed by atoms with Gasteiger partial charge in [-0.2, -0.15) is 0 Å². The van der Waals surface area contributed by atoms with Gasteiger partial charge in [-0.15, -0.1) is 0 Å². The Morgan fingerprint density at radius 3 is 2.24 bits per heavy atom. The van der Waals surface area contributed by atoms with Crippen LogP contribution in [0.4, 0.5) is 5.69 Å². The molecule has 0 aliphatic carbocycles. The molecule has 0 aliphatic rings. The number of aryl methyl sites for hydroxylation is 2. The van der Waals surface area contributed by atoms with Crippen molar-refractivity contribution < 1.29 is 27.5 Å². The first-order chi connectivity index (χ1) is 19.5. The number of nitrogens with one attached hydrogen (secondary N) is 1. The molecular weight excluding hydrogens is 542 g/mol. The monoisotopic (exact) mass is 581 g/mol. The van der Waals surface area contributed by atoms with Crippen molar-refractivity contribution in [2.24, 2.45) is 0 Å². The third-order valence-electron chi connectivity index (χ3n) is 6.69. The summed E-state index contributed by atoms with van der Waals surface area (Å²) in [5, 5.41) is 2.84. The molecule has 9 nitrogen and oxygen atoms in total. The highest BCUT2D eigenvalue weighted by atomic mass is 32.2. The average molecular weight is 582 g/mol. The van der Waals surface area contributed by atoms with Crippen molar-refractivity contribution in [2.45, 2.75) is 51.6 Å². The van der Waals surface area contributed by atoms with Crippen LogP contribution in [-0.2, 0) is 26.2 Å². The largest absolute Gasteiger partial charge is 0.497 e. The molecule has 0 radical (unpaired) electrons. The lowest BCUT2D eigenvalue weighted by atomic mass is 10.1. The predicted molar refractivity (Wildman–Crippen MR) is 160 cm³/mol. The normalized spacial score (nSPS) is 11.9. The van der Waals surface area contributed by atoms with Gasteiger partial charge in [0.25, 0.3) is 10.0 Å². The van der Waals surface area contributed by atoms with Crippen LogP contribution in [0.25, 0.3) is 0 Å². The molecule has 2 amide bonds. The summed E-state index contributed by atoms with van der Waals surface area (Å²) >= 11 is 0. The van der Waals surface area contributed by atoms with Crippen molar-refractivity contribution in [2.75, 3.05) is 31.6 Å². The van der Waals surface area contributed by atoms with E-state index in [0.29, 0.717) is 12.3 Å². The molecule has 0 bridgehead atoms. The lowest BCUT2D eigenvalue weighted by Gasteiger charge is -2.32. The summed E-state index contributed by atoms with van der Waals surface area (Å²) in [5.74, 6) is -0.236. The van der Waals surface area contributed by atoms with Crippen LogP contribution in [0.2, 0.25) is 0 Å². The zero-order valence-corrected chi connectivity index (χ0v) is 25.3. The van der Waals surface area contributed by atoms with Crippen LogP contribution in [0.15, 0.2) is 71.6 Å². The molecule has 0 fully saturated rings. The van der Waals surface area contributed by atoms with E-state index in [1.54, 1.807) is 31.2 Å². The van der Waals surface area contributed by atoms with Crippen molar-refractivity contribution >= 4 is 27.5 Å². The van der Waals surface area contributed by atoms with Crippen LogP contribution in [0, 0.1) is 13.8 Å². The number of sulfonamides is 1. The van der Waals surface area contributed by atoms with Crippen LogP contribution in [0.5, 0.6) is 11.5 Å². The SMILES string of the molecule is CCCNC(=O)[C@@H](C)N(Cc1cccc(C)c1)C(=O)CN(c1cc(OC)ccc1OC)S(=O)(=O)c1ccc(C)cc1. The summed E-state index contributed by atoms with van der Waals surface area (Å²) in [6, 6.07) is 17.9. The average Bonchev–Trinajstić information content (AvgIpc) is 2.96. The fraction of sp³-hybridized carbons (Fsp3) is 0.355. The van der Waals surface area contributed by atoms with Crippen LogP contribution in [0.3, 0.4) is 0 Å². The van der Waals surface area contributed by atoms with E-state index in [2.05, 4.69) is 5.32 Å². The third kappa shape index (κ3) is 7.79. The fourth-order valence-electron chi connectivity index (χ4n) is 4.33. The standard InChI is InChI=1S/C31H39N3O6S/c1-7-17-32-31(36)24(4)33(20-25-10-8-9-23(3)18-25)30(35)21-34(28-19-26(39-5)13-16-29(28)40-6)41(37,38)27-14-11-22(2)12-15-27/h8-16,18-19,24H,7,17,20-21H2,1-6H3,(H,32,36)/t24-/m1/s1. The highest BCUT2D eigenvalue weighted by Gasteiger charge is 2.34. The Balaban J connectivity index is 2.11. The van der Waals surface area contributed by atoms with Gasteiger partial charge in [0.15, 0.2) is 0 Å². The van der Waals surface area contributed by atoms with Crippen molar-refractivity contribution in [3.8, 4) is 11.5 Å². The van der Waals surface area contributed by atoms with Gasteiger partial charge >= 0.3 is 0 Å². The minimum atomic E-state index is -4.25. The summed E-state index contributed by atoms with van der Waals surface area (Å²) < 4.78 is 40.1. The van der Waals surface area contributed by atoms with E-state index in [1.807, 2.05) is 45.0 Å². The van der Waals surface area contributed by atoms with Gasteiger partial charge in [0.05, 0.1) is 24.8 Å². The molecule has 0 unspecified atom stereocenters. The van der Waals surface area contributed by atoms with Crippen molar-refractivity contribution in [3.05, 3.63) is 83.4 Å². The van der Waals surface area contributed by atoms with E-state index in [9.17, 15) is 18.0 Å². The van der Waals surface area contributed by atoms with E-state index >= 15 is 0 Å². The molecule has 0 saturated carbocycles. The van der Waals surface area contributed by atoms with Crippen molar-refractivity contribution in [1.29, 1.82) is 0 Å². The van der Waals surface area contributed by atoms with Gasteiger partial charge in [0.2, 0.25) is 11.8 Å². The van der Waals surface area contributed by atoms with Crippen LogP contribution in [-0.4, -0.2) is 58.5 Å². The smallest absolute Gasteiger partial charge is 0.264 e. The Morgan fingerprint density at radius 2 is 1.63 bits per heavy atom. The van der Waals surface area contributed by atoms with Crippen molar-refractivity contribution in [3.63, 3.8) is 0 Å². The number of carbonyl (C=O) groups is 2. The summed E-state index contributed by atoms with van der Waals surface area (Å²) in [5.41, 5.74) is 2.85. The first-order valence-corrected chi connectivity index (χ1v) is 14.9. The van der Waals surface area contributed by atoms with Crippen LogP contribution in [0.1, 0.15) is 37.0 Å². The second-order valence-corrected chi connectivity index (χ2v) is 11.7. The fourth-order valence-corrected chi connectivity index (χ4v) is 5.74. The molecule has 0 saturated heterocycles. The Hall–Kier alpha value is -4.05. The number of ether oxygens (including phenoxy) is 2. The first-order valence-electron chi connectivity index (χ1n) is 13.5. The van der Waals surface area contributed by atoms with E-state index < -0.39 is 28.5 Å². The topological polar surface area (TPSA) is 105 Å². The maximum atomic E-state index is 14.1. The Morgan fingerprint density at radius 1 is 0.927 bits per heavy atom. The number of rotatable bonds is 13. The van der Waals surface area contributed by atoms with E-state index in [4.69, 9.17) is 9.47 Å². The second kappa shape index (κ2) is 14.0. The minimum absolute atomic E-state index is 0.0137. The summed E-state index contributed by atoms with van der Waals surface area (Å²) in [6.45, 7) is 7.39. The van der Waals surface area contributed by atoms with Gasteiger partial charge in [-0.05, 0) is 57.0 Å². The number of hydrogen-bond acceptors (Lipinski definition) is 6. The number of nitrogens with zero attached hydrogens (tertiary/aromatic N) is 2. The Labute approximate surface area is 243 Å². The number of anilines is 1. The molecule has 3 aromatic carbocycles. The van der Waals surface area contributed by atoms with Crippen LogP contribution >= 0.6 is 0 Å². The quantitative estimate of drug-likeness (QED) is 0.320. The maximum Gasteiger partial charge on any atom is 0.264 e. The Bertz CT molecular complexity index is 1460. The van der Waals surface area contributed by atoms with Gasteiger partial charge in [-0.1, -0.05) is 54.4 Å². The number of methoxy groups -OCH3 is 2. The minimum Gasteiger partial charge on any atom is -0.497 e. The zero-order chi connectivity index (χ0) is 30.2. The molecular formula is C31H39N3O6S. The molecule has 0 spiro atoms. The van der Waals surface area contributed by atoms with E-state index in [0.717, 1.165) is 27.4 Å². The molecule has 0 aromatic heterocycles. The number of hydrogen-bond donors (Lipinski definition) is 1. The number of benzene rings is 3. The second-order valence-electron chi connectivity index (χ2n) is 9.84. The molecule has 0 aliphatic heterocycles.